The molecule has 0 heteroatoms. The summed E-state index contributed by atoms with van der Waals surface area (Å²) in [6, 6.07) is -30.0. The van der Waals surface area contributed by atoms with Crippen molar-refractivity contribution in [2.75, 3.05) is 0 Å². The number of benzene rings is 9. The molecule has 0 atom stereocenters. The highest BCUT2D eigenvalue weighted by atomic mass is 14.2. The van der Waals surface area contributed by atoms with Crippen molar-refractivity contribution in [3.8, 4) is 44.5 Å². The Morgan fingerprint density at radius 1 is 0.261 bits per heavy atom. The zero-order valence-electron chi connectivity index (χ0n) is 53.0. The summed E-state index contributed by atoms with van der Waals surface area (Å²) in [5.74, 6) is 0. The SMILES string of the molecule is [2H]c1c([2H])c([2H])c(-c2c([2H])c([2H])c3c(-c4c([2H])c([2H])c(-c5c([2H])c([2H])c([2H])c6c([2H])c([2H])c([2H])c([2H])c56)c([2H])c4[2H])c4c([2H])c([2H])c([2H])c([2H])c4c(-c4c([2H])c([2H])c5c([2H])c([2H])c([2H])c([2H])c5c4[2H])c3c2[2H])c([2H])c1[2H]. The maximum Gasteiger partial charge on any atom is 0.0636 e. The van der Waals surface area contributed by atoms with Crippen molar-refractivity contribution in [2.24, 2.45) is 0 Å². The molecule has 0 aromatic heterocycles. The van der Waals surface area contributed by atoms with Gasteiger partial charge in [0.2, 0.25) is 0 Å². The van der Waals surface area contributed by atoms with E-state index in [2.05, 4.69) is 0 Å². The third kappa shape index (κ3) is 4.38. The number of hydrogen-bond donors (Lipinski definition) is 0. The fourth-order valence-electron chi connectivity index (χ4n) is 5.19. The third-order valence-electron chi connectivity index (χ3n) is 7.19. The molecule has 0 radical (unpaired) electrons. The minimum Gasteiger partial charge on any atom is -0.0622 e. The van der Waals surface area contributed by atoms with Crippen LogP contribution >= 0.6 is 0 Å². The molecule has 9 rings (SSSR count). The quantitative estimate of drug-likeness (QED) is 0.173. The van der Waals surface area contributed by atoms with E-state index in [1.54, 1.807) is 0 Å². The average molecular weight is 613 g/mol. The van der Waals surface area contributed by atoms with E-state index in [0.29, 0.717) is 0 Å². The predicted molar refractivity (Wildman–Crippen MR) is 198 cm³/mol. The van der Waals surface area contributed by atoms with Gasteiger partial charge in [0.25, 0.3) is 0 Å². The monoisotopic (exact) mass is 612 g/mol. The van der Waals surface area contributed by atoms with Gasteiger partial charge in [0.1, 0.15) is 0 Å². The number of fused-ring (bicyclic) bond motifs is 4. The molecule has 0 heterocycles. The van der Waals surface area contributed by atoms with Gasteiger partial charge in [-0.2, -0.15) is 0 Å². The lowest BCUT2D eigenvalue weighted by Gasteiger charge is -2.19. The van der Waals surface area contributed by atoms with Crippen molar-refractivity contribution >= 4 is 43.1 Å². The van der Waals surface area contributed by atoms with E-state index in [1.807, 2.05) is 0 Å². The highest BCUT2D eigenvalue weighted by molar-refractivity contribution is 6.22. The van der Waals surface area contributed by atoms with Crippen LogP contribution in [-0.4, -0.2) is 0 Å². The van der Waals surface area contributed by atoms with E-state index >= 15 is 0 Å². The second kappa shape index (κ2) is 10.9. The van der Waals surface area contributed by atoms with Gasteiger partial charge in [0, 0.05) is 0 Å². The van der Waals surface area contributed by atoms with Gasteiger partial charge in [-0.25, -0.2) is 0 Å². The maximum atomic E-state index is 9.98. The zero-order valence-corrected chi connectivity index (χ0v) is 23.0. The number of rotatable bonds is 4. The van der Waals surface area contributed by atoms with Crippen LogP contribution in [0.15, 0.2) is 181 Å². The first-order valence-electron chi connectivity index (χ1n) is 28.5. The van der Waals surface area contributed by atoms with Crippen molar-refractivity contribution in [3.05, 3.63) is 181 Å². The van der Waals surface area contributed by atoms with E-state index in [0.717, 1.165) is 0 Å². The van der Waals surface area contributed by atoms with Gasteiger partial charge < -0.3 is 0 Å². The average Bonchev–Trinajstić information content (AvgIpc) is 3.38. The van der Waals surface area contributed by atoms with E-state index in [4.69, 9.17) is 26.0 Å². The van der Waals surface area contributed by atoms with Crippen LogP contribution in [0.5, 0.6) is 0 Å². The van der Waals surface area contributed by atoms with Crippen LogP contribution in [0.1, 0.15) is 41.1 Å². The smallest absolute Gasteiger partial charge is 0.0622 e. The summed E-state index contributed by atoms with van der Waals surface area (Å²) >= 11 is 0. The first-order valence-corrected chi connectivity index (χ1v) is 13.5. The predicted octanol–water partition coefficient (Wildman–Crippen LogP) is 13.0. The topological polar surface area (TPSA) is 0 Å². The van der Waals surface area contributed by atoms with E-state index in [1.165, 1.54) is 0 Å². The lowest BCUT2D eigenvalue weighted by Crippen LogP contribution is -1.92. The second-order valence-electron chi connectivity index (χ2n) is 9.75. The summed E-state index contributed by atoms with van der Waals surface area (Å²) < 4.78 is 270. The maximum absolute atomic E-state index is 9.98. The molecule has 0 spiro atoms. The Hall–Kier alpha value is -5.98. The Morgan fingerprint density at radius 3 is 1.59 bits per heavy atom. The summed E-state index contributed by atoms with van der Waals surface area (Å²) in [6.45, 7) is 0. The Labute approximate surface area is 311 Å². The van der Waals surface area contributed by atoms with Gasteiger partial charge in [-0.3, -0.25) is 0 Å². The normalized spacial score (nSPS) is 20.6. The standard InChI is InChI=1S/C46H30/c1-2-11-31(12-3-1)37-27-28-43-44(30-37)46(38-26-21-32-13-4-5-15-36(32)29-38)42-19-9-8-18-41(42)45(43)35-24-22-34(23-25-35)40-20-10-16-33-14-6-7-17-39(33)40/h1-30H/i1D,2D,3D,4D,5D,6D,7D,8D,9D,10D,11D,12D,13D,14D,15D,16D,17D,18D,19D,20D,21D,22D,23D,24D,25D,26D,27D,28D,29D,30D. The minimum atomic E-state index is -1.17. The molecule has 0 bridgehead atoms. The van der Waals surface area contributed by atoms with Gasteiger partial charge >= 0.3 is 0 Å². The molecule has 9 aromatic rings. The molecule has 0 unspecified atom stereocenters. The van der Waals surface area contributed by atoms with Crippen molar-refractivity contribution in [1.29, 1.82) is 0 Å². The first-order chi connectivity index (χ1) is 35.3. The van der Waals surface area contributed by atoms with Crippen LogP contribution in [0.4, 0.5) is 0 Å². The highest BCUT2D eigenvalue weighted by Gasteiger charge is 2.18. The molecular weight excluding hydrogens is 553 g/mol. The van der Waals surface area contributed by atoms with E-state index in [9.17, 15) is 15.1 Å². The largest absolute Gasteiger partial charge is 0.0636 e. The van der Waals surface area contributed by atoms with E-state index in [-0.39, 0.29) is 0 Å². The summed E-state index contributed by atoms with van der Waals surface area (Å²) in [4.78, 5) is 0. The van der Waals surface area contributed by atoms with Crippen LogP contribution < -0.4 is 0 Å². The van der Waals surface area contributed by atoms with Crippen molar-refractivity contribution in [1.82, 2.24) is 0 Å². The van der Waals surface area contributed by atoms with Crippen LogP contribution in [0, 0.1) is 0 Å². The molecule has 0 saturated carbocycles. The zero-order chi connectivity index (χ0) is 56.6. The van der Waals surface area contributed by atoms with Gasteiger partial charge in [0.15, 0.2) is 0 Å². The van der Waals surface area contributed by atoms with Crippen LogP contribution in [-0.2, 0) is 0 Å². The van der Waals surface area contributed by atoms with Crippen molar-refractivity contribution in [2.45, 2.75) is 0 Å². The van der Waals surface area contributed by atoms with Gasteiger partial charge in [-0.1, -0.05) is 169 Å². The molecule has 0 N–H and O–H groups in total. The first kappa shape index (κ1) is 10.0. The van der Waals surface area contributed by atoms with Crippen molar-refractivity contribution in [3.63, 3.8) is 0 Å². The molecule has 0 aliphatic carbocycles. The molecular formula is C46H30. The number of hydrogen-bond acceptors (Lipinski definition) is 0. The van der Waals surface area contributed by atoms with Gasteiger partial charge in [-0.05, 0) is 99.7 Å². The van der Waals surface area contributed by atoms with Crippen LogP contribution in [0.2, 0.25) is 0 Å². The van der Waals surface area contributed by atoms with Crippen LogP contribution in [0.3, 0.4) is 0 Å². The molecule has 214 valence electrons. The van der Waals surface area contributed by atoms with Crippen molar-refractivity contribution < 1.29 is 41.1 Å². The molecule has 0 fully saturated rings. The van der Waals surface area contributed by atoms with Gasteiger partial charge in [-0.15, -0.1) is 0 Å². The highest BCUT2D eigenvalue weighted by Crippen LogP contribution is 2.45. The minimum absolute atomic E-state index is 0.617. The summed E-state index contributed by atoms with van der Waals surface area (Å²) in [5.41, 5.74) is -6.93. The summed E-state index contributed by atoms with van der Waals surface area (Å²) in [5, 5.41) is -6.03. The Kier molecular flexibility index (Phi) is 2.37. The Balaban J connectivity index is 1.63. The fourth-order valence-corrected chi connectivity index (χ4v) is 5.19. The summed E-state index contributed by atoms with van der Waals surface area (Å²) in [6.07, 6.45) is 0. The lowest BCUT2D eigenvalue weighted by atomic mass is 9.84. The molecule has 0 aliphatic rings. The molecule has 0 amide bonds. The molecule has 0 nitrogen and oxygen atoms in total. The Bertz CT molecular complexity index is 4210. The third-order valence-corrected chi connectivity index (χ3v) is 7.19. The van der Waals surface area contributed by atoms with E-state index < -0.39 is 269 Å². The fraction of sp³-hybridized carbons (Fsp3) is 0. The molecule has 46 heavy (non-hydrogen) atoms. The van der Waals surface area contributed by atoms with Gasteiger partial charge in [0.05, 0.1) is 41.1 Å². The lowest BCUT2D eigenvalue weighted by molar-refractivity contribution is 1.62. The Morgan fingerprint density at radius 2 is 0.804 bits per heavy atom. The summed E-state index contributed by atoms with van der Waals surface area (Å²) in [7, 11) is 0. The second-order valence-corrected chi connectivity index (χ2v) is 9.75. The molecule has 0 saturated heterocycles. The van der Waals surface area contributed by atoms with Crippen LogP contribution in [0.25, 0.3) is 87.6 Å². The molecule has 0 aliphatic heterocycles. The molecule has 9 aromatic carbocycles.